The average molecular weight is 349 g/mol. The summed E-state index contributed by atoms with van der Waals surface area (Å²) in [5, 5.41) is 2.94. The van der Waals surface area contributed by atoms with E-state index < -0.39 is 0 Å². The number of carbonyl (C=O) groups excluding carboxylic acids is 1. The van der Waals surface area contributed by atoms with Crippen LogP contribution in [0, 0.1) is 0 Å². The van der Waals surface area contributed by atoms with E-state index in [0.29, 0.717) is 13.0 Å². The first-order chi connectivity index (χ1) is 12.3. The largest absolute Gasteiger partial charge is 0.352 e. The third-order valence-corrected chi connectivity index (χ3v) is 4.63. The molecule has 25 heavy (non-hydrogen) atoms. The van der Waals surface area contributed by atoms with Crippen molar-refractivity contribution in [2.45, 2.75) is 17.9 Å². The second kappa shape index (κ2) is 8.99. The molecule has 0 bridgehead atoms. The van der Waals surface area contributed by atoms with Gasteiger partial charge in [0.05, 0.1) is 5.69 Å². The lowest BCUT2D eigenvalue weighted by atomic mass is 10.1. The number of hydrogen-bond acceptors (Lipinski definition) is 4. The van der Waals surface area contributed by atoms with E-state index in [9.17, 15) is 4.79 Å². The maximum atomic E-state index is 11.9. The minimum Gasteiger partial charge on any atom is -0.352 e. The normalized spacial score (nSPS) is 10.4. The van der Waals surface area contributed by atoms with Gasteiger partial charge in [-0.15, -0.1) is 11.8 Å². The van der Waals surface area contributed by atoms with Crippen molar-refractivity contribution in [1.29, 1.82) is 0 Å². The van der Waals surface area contributed by atoms with Gasteiger partial charge in [0.1, 0.15) is 0 Å². The molecule has 0 saturated heterocycles. The number of rotatable bonds is 7. The fourth-order valence-electron chi connectivity index (χ4n) is 2.28. The first-order valence-corrected chi connectivity index (χ1v) is 9.10. The minimum absolute atomic E-state index is 0.0553. The Kier molecular flexibility index (Phi) is 6.17. The Morgan fingerprint density at radius 1 is 1.00 bits per heavy atom. The molecule has 3 rings (SSSR count). The lowest BCUT2D eigenvalue weighted by Gasteiger charge is -2.06. The highest BCUT2D eigenvalue weighted by Crippen LogP contribution is 2.18. The van der Waals surface area contributed by atoms with Gasteiger partial charge >= 0.3 is 0 Å². The van der Waals surface area contributed by atoms with E-state index in [1.165, 1.54) is 4.90 Å². The maximum Gasteiger partial charge on any atom is 0.221 e. The molecule has 0 aliphatic heterocycles. The third kappa shape index (κ3) is 5.43. The van der Waals surface area contributed by atoms with Gasteiger partial charge in [-0.25, -0.2) is 0 Å². The lowest BCUT2D eigenvalue weighted by Crippen LogP contribution is -2.23. The summed E-state index contributed by atoms with van der Waals surface area (Å²) >= 11 is 1.69. The molecule has 0 fully saturated rings. The molecule has 5 heteroatoms. The number of amides is 1. The number of pyridine rings is 2. The van der Waals surface area contributed by atoms with Crippen LogP contribution in [0.2, 0.25) is 0 Å². The molecule has 4 nitrogen and oxygen atoms in total. The Morgan fingerprint density at radius 3 is 2.60 bits per heavy atom. The van der Waals surface area contributed by atoms with Crippen molar-refractivity contribution in [1.82, 2.24) is 15.3 Å². The zero-order valence-corrected chi connectivity index (χ0v) is 14.6. The van der Waals surface area contributed by atoms with Crippen molar-refractivity contribution in [3.05, 3.63) is 78.8 Å². The number of thioether (sulfide) groups is 1. The van der Waals surface area contributed by atoms with Crippen LogP contribution in [0.25, 0.3) is 11.3 Å². The topological polar surface area (TPSA) is 54.9 Å². The van der Waals surface area contributed by atoms with Crippen molar-refractivity contribution >= 4 is 17.7 Å². The summed E-state index contributed by atoms with van der Waals surface area (Å²) in [4.78, 5) is 21.7. The van der Waals surface area contributed by atoms with Gasteiger partial charge in [-0.3, -0.25) is 14.8 Å². The zero-order chi connectivity index (χ0) is 17.3. The molecular formula is C20H19N3OS. The van der Waals surface area contributed by atoms with E-state index in [1.807, 2.05) is 42.5 Å². The molecule has 0 aliphatic rings. The molecule has 1 amide bonds. The summed E-state index contributed by atoms with van der Waals surface area (Å²) < 4.78 is 0. The quantitative estimate of drug-likeness (QED) is 0.657. The smallest absolute Gasteiger partial charge is 0.221 e. The van der Waals surface area contributed by atoms with Gasteiger partial charge in [-0.1, -0.05) is 24.3 Å². The molecule has 1 N–H and O–H groups in total. The molecule has 2 aromatic heterocycles. The van der Waals surface area contributed by atoms with Gasteiger partial charge in [0.25, 0.3) is 0 Å². The summed E-state index contributed by atoms with van der Waals surface area (Å²) in [6.07, 6.45) is 5.82. The zero-order valence-electron chi connectivity index (χ0n) is 13.8. The highest BCUT2D eigenvalue weighted by Gasteiger charge is 2.04. The number of hydrogen-bond donors (Lipinski definition) is 1. The molecule has 2 heterocycles. The summed E-state index contributed by atoms with van der Waals surface area (Å²) in [5.74, 6) is 0.827. The molecule has 0 atom stereocenters. The van der Waals surface area contributed by atoms with E-state index in [2.05, 4.69) is 27.4 Å². The summed E-state index contributed by atoms with van der Waals surface area (Å²) in [6.45, 7) is 0.495. The molecule has 3 aromatic rings. The van der Waals surface area contributed by atoms with E-state index in [-0.39, 0.29) is 5.91 Å². The van der Waals surface area contributed by atoms with E-state index >= 15 is 0 Å². The Morgan fingerprint density at radius 2 is 1.88 bits per heavy atom. The Bertz CT molecular complexity index is 792. The molecule has 1 aromatic carbocycles. The maximum absolute atomic E-state index is 11.9. The van der Waals surface area contributed by atoms with Crippen LogP contribution in [0.1, 0.15) is 12.0 Å². The predicted octanol–water partition coefficient (Wildman–Crippen LogP) is 3.94. The molecule has 0 unspecified atom stereocenters. The molecule has 0 saturated carbocycles. The van der Waals surface area contributed by atoms with E-state index in [4.69, 9.17) is 0 Å². The van der Waals surface area contributed by atoms with Crippen LogP contribution in [0.4, 0.5) is 0 Å². The first-order valence-electron chi connectivity index (χ1n) is 8.11. The van der Waals surface area contributed by atoms with Crippen LogP contribution in [-0.4, -0.2) is 21.6 Å². The fourth-order valence-corrected chi connectivity index (χ4v) is 3.15. The first kappa shape index (κ1) is 17.2. The fraction of sp³-hybridized carbons (Fsp3) is 0.150. The average Bonchev–Trinajstić information content (AvgIpc) is 2.68. The van der Waals surface area contributed by atoms with Crippen molar-refractivity contribution in [3.8, 4) is 11.3 Å². The van der Waals surface area contributed by atoms with Gasteiger partial charge in [0, 0.05) is 47.8 Å². The third-order valence-electron chi connectivity index (χ3n) is 3.61. The van der Waals surface area contributed by atoms with Crippen molar-refractivity contribution < 1.29 is 4.79 Å². The predicted molar refractivity (Wildman–Crippen MR) is 101 cm³/mol. The number of nitrogens with one attached hydrogen (secondary N) is 1. The van der Waals surface area contributed by atoms with Crippen molar-refractivity contribution in [2.24, 2.45) is 0 Å². The van der Waals surface area contributed by atoms with Crippen LogP contribution in [-0.2, 0) is 11.3 Å². The van der Waals surface area contributed by atoms with Crippen LogP contribution in [0.15, 0.2) is 78.1 Å². The van der Waals surface area contributed by atoms with Gasteiger partial charge in [0.15, 0.2) is 0 Å². The monoisotopic (exact) mass is 349 g/mol. The second-order valence-electron chi connectivity index (χ2n) is 5.48. The number of aromatic nitrogens is 2. The highest BCUT2D eigenvalue weighted by molar-refractivity contribution is 7.99. The van der Waals surface area contributed by atoms with Crippen LogP contribution in [0.3, 0.4) is 0 Å². The Hall–Kier alpha value is -2.66. The number of nitrogens with zero attached hydrogens (tertiary/aromatic N) is 2. The minimum atomic E-state index is 0.0553. The van der Waals surface area contributed by atoms with Crippen molar-refractivity contribution in [2.75, 3.05) is 5.75 Å². The summed E-state index contributed by atoms with van der Waals surface area (Å²) in [5.41, 5.74) is 2.84. The molecule has 0 spiro atoms. The van der Waals surface area contributed by atoms with Gasteiger partial charge in [-0.05, 0) is 35.9 Å². The SMILES string of the molecule is O=C(CCSc1ccccc1)NCc1ccc(-c2cccnc2)nc1. The lowest BCUT2D eigenvalue weighted by molar-refractivity contribution is -0.120. The van der Waals surface area contributed by atoms with E-state index in [0.717, 1.165) is 22.6 Å². The molecule has 0 aliphatic carbocycles. The molecule has 0 radical (unpaired) electrons. The Labute approximate surface area is 151 Å². The highest BCUT2D eigenvalue weighted by atomic mass is 32.2. The number of carbonyl (C=O) groups is 1. The molecule has 126 valence electrons. The standard InChI is InChI=1S/C20H19N3OS/c24-20(10-12-25-18-6-2-1-3-7-18)23-14-16-8-9-19(22-13-16)17-5-4-11-21-15-17/h1-9,11,13,15H,10,12,14H2,(H,23,24). The van der Waals surface area contributed by atoms with Crippen LogP contribution < -0.4 is 5.32 Å². The second-order valence-corrected chi connectivity index (χ2v) is 6.65. The molecular weight excluding hydrogens is 330 g/mol. The summed E-state index contributed by atoms with van der Waals surface area (Å²) in [6, 6.07) is 17.9. The number of benzene rings is 1. The van der Waals surface area contributed by atoms with Crippen LogP contribution >= 0.6 is 11.8 Å². The Balaban J connectivity index is 1.43. The van der Waals surface area contributed by atoms with Crippen LogP contribution in [0.5, 0.6) is 0 Å². The van der Waals surface area contributed by atoms with Crippen molar-refractivity contribution in [3.63, 3.8) is 0 Å². The van der Waals surface area contributed by atoms with Gasteiger partial charge < -0.3 is 5.32 Å². The summed E-state index contributed by atoms with van der Waals surface area (Å²) in [7, 11) is 0. The van der Waals surface area contributed by atoms with Gasteiger partial charge in [0.2, 0.25) is 5.91 Å². The van der Waals surface area contributed by atoms with Gasteiger partial charge in [-0.2, -0.15) is 0 Å². The van der Waals surface area contributed by atoms with E-state index in [1.54, 1.807) is 30.4 Å².